The van der Waals surface area contributed by atoms with Crippen molar-refractivity contribution in [3.05, 3.63) is 15.9 Å². The van der Waals surface area contributed by atoms with E-state index in [1.54, 1.807) is 0 Å². The molecule has 0 spiro atoms. The number of aliphatic hydroxyl groups is 1. The van der Waals surface area contributed by atoms with Crippen molar-refractivity contribution in [3.63, 3.8) is 0 Å². The lowest BCUT2D eigenvalue weighted by atomic mass is 9.73. The first kappa shape index (κ1) is 12.1. The zero-order chi connectivity index (χ0) is 11.9. The van der Waals surface area contributed by atoms with Gasteiger partial charge in [0.25, 0.3) is 0 Å². The summed E-state index contributed by atoms with van der Waals surface area (Å²) in [6.07, 6.45) is 2.01. The van der Waals surface area contributed by atoms with E-state index in [9.17, 15) is 5.11 Å². The summed E-state index contributed by atoms with van der Waals surface area (Å²) in [7, 11) is 0. The molecule has 0 amide bonds. The van der Waals surface area contributed by atoms with Crippen molar-refractivity contribution in [1.29, 1.82) is 0 Å². The van der Waals surface area contributed by atoms with Crippen LogP contribution in [0, 0.1) is 6.92 Å². The molecular formula is C11H18BrN3O. The minimum Gasteiger partial charge on any atom is -0.389 e. The van der Waals surface area contributed by atoms with Gasteiger partial charge < -0.3 is 10.8 Å². The molecule has 1 heterocycles. The van der Waals surface area contributed by atoms with Crippen LogP contribution in [-0.2, 0) is 13.0 Å². The average Bonchev–Trinajstić information content (AvgIpc) is 2.43. The Labute approximate surface area is 104 Å². The average molecular weight is 288 g/mol. The van der Waals surface area contributed by atoms with Crippen LogP contribution in [0.15, 0.2) is 4.47 Å². The second kappa shape index (κ2) is 4.13. The molecule has 0 saturated heterocycles. The van der Waals surface area contributed by atoms with Crippen molar-refractivity contribution in [1.82, 2.24) is 9.78 Å². The van der Waals surface area contributed by atoms with Crippen LogP contribution >= 0.6 is 15.9 Å². The Balaban J connectivity index is 2.21. The zero-order valence-electron chi connectivity index (χ0n) is 9.70. The first-order chi connectivity index (χ1) is 7.45. The predicted molar refractivity (Wildman–Crippen MR) is 66.2 cm³/mol. The van der Waals surface area contributed by atoms with Crippen LogP contribution in [0.4, 0.5) is 0 Å². The molecule has 0 aromatic carbocycles. The molecule has 1 aromatic heterocycles. The molecule has 0 unspecified atom stereocenters. The number of halogens is 1. The van der Waals surface area contributed by atoms with E-state index in [1.807, 2.05) is 11.6 Å². The van der Waals surface area contributed by atoms with Crippen LogP contribution in [0.5, 0.6) is 0 Å². The van der Waals surface area contributed by atoms with Crippen LogP contribution in [0.1, 0.15) is 31.2 Å². The second-order valence-electron chi connectivity index (χ2n) is 4.73. The Hall–Kier alpha value is -0.390. The number of hydrogen-bond donors (Lipinski definition) is 2. The van der Waals surface area contributed by atoms with Gasteiger partial charge in [-0.25, -0.2) is 0 Å². The van der Waals surface area contributed by atoms with Gasteiger partial charge in [-0.15, -0.1) is 0 Å². The monoisotopic (exact) mass is 287 g/mol. The van der Waals surface area contributed by atoms with E-state index >= 15 is 0 Å². The maximum absolute atomic E-state index is 10.2. The summed E-state index contributed by atoms with van der Waals surface area (Å²) in [5.74, 6) is 0. The summed E-state index contributed by atoms with van der Waals surface area (Å²) >= 11 is 3.54. The fourth-order valence-corrected chi connectivity index (χ4v) is 2.83. The molecule has 1 fully saturated rings. The van der Waals surface area contributed by atoms with Gasteiger partial charge in [0.15, 0.2) is 0 Å². The van der Waals surface area contributed by atoms with Gasteiger partial charge in [0.2, 0.25) is 0 Å². The molecule has 0 aliphatic heterocycles. The molecule has 0 radical (unpaired) electrons. The van der Waals surface area contributed by atoms with E-state index in [0.717, 1.165) is 22.4 Å². The van der Waals surface area contributed by atoms with Gasteiger partial charge in [0.05, 0.1) is 21.5 Å². The minimum absolute atomic E-state index is 0.155. The number of hydrogen-bond acceptors (Lipinski definition) is 3. The van der Waals surface area contributed by atoms with Crippen molar-refractivity contribution < 1.29 is 5.11 Å². The smallest absolute Gasteiger partial charge is 0.0738 e. The molecule has 3 N–H and O–H groups in total. The lowest BCUT2D eigenvalue weighted by Gasteiger charge is -2.41. The van der Waals surface area contributed by atoms with Crippen molar-refractivity contribution in [2.45, 2.75) is 51.3 Å². The lowest BCUT2D eigenvalue weighted by molar-refractivity contribution is -0.0470. The Bertz CT molecular complexity index is 396. The molecule has 1 aliphatic rings. The quantitative estimate of drug-likeness (QED) is 0.883. The molecule has 1 saturated carbocycles. The number of aryl methyl sites for hydroxylation is 2. The highest BCUT2D eigenvalue weighted by Crippen LogP contribution is 2.36. The summed E-state index contributed by atoms with van der Waals surface area (Å²) in [5.41, 5.74) is 7.16. The maximum Gasteiger partial charge on any atom is 0.0738 e. The van der Waals surface area contributed by atoms with Crippen molar-refractivity contribution >= 4 is 15.9 Å². The molecule has 5 heteroatoms. The SMILES string of the molecule is CCn1nc(C)c(Br)c1CC1(O)CC(N)C1. The molecule has 2 rings (SSSR count). The van der Waals surface area contributed by atoms with Crippen LogP contribution in [-0.4, -0.2) is 26.5 Å². The number of aromatic nitrogens is 2. The van der Waals surface area contributed by atoms with Gasteiger partial charge in [-0.05, 0) is 42.6 Å². The summed E-state index contributed by atoms with van der Waals surface area (Å²) < 4.78 is 2.96. The zero-order valence-corrected chi connectivity index (χ0v) is 11.3. The van der Waals surface area contributed by atoms with Gasteiger partial charge in [-0.3, -0.25) is 4.68 Å². The Morgan fingerprint density at radius 3 is 2.75 bits per heavy atom. The largest absolute Gasteiger partial charge is 0.389 e. The van der Waals surface area contributed by atoms with Crippen LogP contribution in [0.25, 0.3) is 0 Å². The molecule has 1 aliphatic carbocycles. The van der Waals surface area contributed by atoms with Gasteiger partial charge >= 0.3 is 0 Å². The van der Waals surface area contributed by atoms with E-state index < -0.39 is 5.60 Å². The molecule has 4 nitrogen and oxygen atoms in total. The van der Waals surface area contributed by atoms with E-state index in [4.69, 9.17) is 5.73 Å². The number of nitrogens with two attached hydrogens (primary N) is 1. The Morgan fingerprint density at radius 2 is 2.25 bits per heavy atom. The van der Waals surface area contributed by atoms with Gasteiger partial charge in [-0.2, -0.15) is 5.10 Å². The highest BCUT2D eigenvalue weighted by atomic mass is 79.9. The molecule has 16 heavy (non-hydrogen) atoms. The van der Waals surface area contributed by atoms with E-state index in [-0.39, 0.29) is 6.04 Å². The fourth-order valence-electron chi connectivity index (χ4n) is 2.41. The van der Waals surface area contributed by atoms with Crippen LogP contribution < -0.4 is 5.73 Å². The van der Waals surface area contributed by atoms with Gasteiger partial charge in [0, 0.05) is 19.0 Å². The van der Waals surface area contributed by atoms with E-state index in [0.29, 0.717) is 19.3 Å². The molecule has 90 valence electrons. The second-order valence-corrected chi connectivity index (χ2v) is 5.52. The van der Waals surface area contributed by atoms with Gasteiger partial charge in [0.1, 0.15) is 0 Å². The maximum atomic E-state index is 10.2. The number of nitrogens with zero attached hydrogens (tertiary/aromatic N) is 2. The van der Waals surface area contributed by atoms with Crippen LogP contribution in [0.3, 0.4) is 0 Å². The van der Waals surface area contributed by atoms with Crippen molar-refractivity contribution in [3.8, 4) is 0 Å². The summed E-state index contributed by atoms with van der Waals surface area (Å²) in [4.78, 5) is 0. The Morgan fingerprint density at radius 1 is 1.62 bits per heavy atom. The fraction of sp³-hybridized carbons (Fsp3) is 0.727. The summed E-state index contributed by atoms with van der Waals surface area (Å²) in [6, 6.07) is 0.155. The standard InChI is InChI=1S/C11H18BrN3O/c1-3-15-9(10(12)7(2)14-15)6-11(16)4-8(13)5-11/h8,16H,3-6,13H2,1-2H3. The summed E-state index contributed by atoms with van der Waals surface area (Å²) in [5, 5.41) is 14.7. The molecule has 1 aromatic rings. The Kier molecular flexibility index (Phi) is 3.11. The third-order valence-electron chi connectivity index (χ3n) is 3.23. The first-order valence-electron chi connectivity index (χ1n) is 5.65. The topological polar surface area (TPSA) is 64.1 Å². The molecule has 0 atom stereocenters. The highest BCUT2D eigenvalue weighted by molar-refractivity contribution is 9.10. The third-order valence-corrected chi connectivity index (χ3v) is 4.27. The minimum atomic E-state index is -0.624. The lowest BCUT2D eigenvalue weighted by Crippen LogP contribution is -2.53. The van der Waals surface area contributed by atoms with Crippen LogP contribution in [0.2, 0.25) is 0 Å². The number of rotatable bonds is 3. The summed E-state index contributed by atoms with van der Waals surface area (Å²) in [6.45, 7) is 4.85. The van der Waals surface area contributed by atoms with Gasteiger partial charge in [-0.1, -0.05) is 0 Å². The van der Waals surface area contributed by atoms with E-state index in [1.165, 1.54) is 0 Å². The first-order valence-corrected chi connectivity index (χ1v) is 6.44. The molecule has 0 bridgehead atoms. The van der Waals surface area contributed by atoms with Crippen molar-refractivity contribution in [2.24, 2.45) is 5.73 Å². The highest BCUT2D eigenvalue weighted by Gasteiger charge is 2.41. The van der Waals surface area contributed by atoms with E-state index in [2.05, 4.69) is 28.0 Å². The third kappa shape index (κ3) is 2.04. The van der Waals surface area contributed by atoms with Crippen molar-refractivity contribution in [2.75, 3.05) is 0 Å². The normalized spacial score (nSPS) is 29.2. The predicted octanol–water partition coefficient (Wildman–Crippen LogP) is 1.37. The molecular weight excluding hydrogens is 270 g/mol.